The van der Waals surface area contributed by atoms with Crippen LogP contribution in [0.2, 0.25) is 0 Å². The minimum atomic E-state index is -3.54. The summed E-state index contributed by atoms with van der Waals surface area (Å²) in [6, 6.07) is 11.5. The first-order valence-corrected chi connectivity index (χ1v) is 9.13. The molecule has 136 valence electrons. The Kier molecular flexibility index (Phi) is 6.21. The first kappa shape index (κ1) is 19.3. The van der Waals surface area contributed by atoms with Crippen molar-refractivity contribution in [2.75, 3.05) is 11.9 Å². The summed E-state index contributed by atoms with van der Waals surface area (Å²) in [5.41, 5.74) is 1.05. The van der Waals surface area contributed by atoms with Gasteiger partial charge in [-0.3, -0.25) is 14.9 Å². The number of hydrogen-bond donors (Lipinski definition) is 2. The third-order valence-corrected chi connectivity index (χ3v) is 4.86. The Hall–Kier alpha value is -3.04. The Labute approximate surface area is 150 Å². The van der Waals surface area contributed by atoms with Gasteiger partial charge < -0.3 is 5.32 Å². The zero-order valence-corrected chi connectivity index (χ0v) is 14.7. The van der Waals surface area contributed by atoms with E-state index in [2.05, 4.69) is 10.0 Å². The van der Waals surface area contributed by atoms with Crippen molar-refractivity contribution in [2.45, 2.75) is 11.8 Å². The molecule has 1 amide bonds. The van der Waals surface area contributed by atoms with E-state index < -0.39 is 20.9 Å². The van der Waals surface area contributed by atoms with Crippen LogP contribution in [0, 0.1) is 10.1 Å². The Morgan fingerprint density at radius 1 is 1.12 bits per heavy atom. The van der Waals surface area contributed by atoms with Crippen LogP contribution in [0.5, 0.6) is 0 Å². The van der Waals surface area contributed by atoms with Gasteiger partial charge in [-0.1, -0.05) is 6.92 Å². The molecule has 2 aromatic rings. The van der Waals surface area contributed by atoms with E-state index in [-0.39, 0.29) is 17.1 Å². The average Bonchev–Trinajstić information content (AvgIpc) is 2.61. The van der Waals surface area contributed by atoms with Gasteiger partial charge in [0.15, 0.2) is 0 Å². The van der Waals surface area contributed by atoms with E-state index in [1.165, 1.54) is 60.7 Å². The molecule has 2 N–H and O–H groups in total. The highest BCUT2D eigenvalue weighted by Crippen LogP contribution is 2.15. The summed E-state index contributed by atoms with van der Waals surface area (Å²) in [6.45, 7) is 1.97. The van der Waals surface area contributed by atoms with Crippen molar-refractivity contribution in [2.24, 2.45) is 0 Å². The molecule has 0 spiro atoms. The summed E-state index contributed by atoms with van der Waals surface area (Å²) in [6.07, 6.45) is 2.80. The fourth-order valence-electron chi connectivity index (χ4n) is 2.05. The third kappa shape index (κ3) is 5.23. The van der Waals surface area contributed by atoms with Gasteiger partial charge in [0.1, 0.15) is 0 Å². The number of benzene rings is 2. The number of rotatable bonds is 7. The molecule has 2 rings (SSSR count). The molecule has 2 aromatic carbocycles. The number of hydrogen-bond acceptors (Lipinski definition) is 5. The van der Waals surface area contributed by atoms with Gasteiger partial charge in [-0.05, 0) is 48.0 Å². The van der Waals surface area contributed by atoms with Gasteiger partial charge in [-0.25, -0.2) is 13.1 Å². The van der Waals surface area contributed by atoms with E-state index in [1.807, 2.05) is 0 Å². The first-order chi connectivity index (χ1) is 12.3. The van der Waals surface area contributed by atoms with Crippen LogP contribution in [-0.4, -0.2) is 25.8 Å². The summed E-state index contributed by atoms with van der Waals surface area (Å²) < 4.78 is 26.1. The van der Waals surface area contributed by atoms with Gasteiger partial charge in [-0.2, -0.15) is 0 Å². The minimum absolute atomic E-state index is 0.0285. The molecule has 0 unspecified atom stereocenters. The molecule has 0 bridgehead atoms. The van der Waals surface area contributed by atoms with Gasteiger partial charge >= 0.3 is 0 Å². The molecule has 26 heavy (non-hydrogen) atoms. The normalized spacial score (nSPS) is 11.4. The minimum Gasteiger partial charge on any atom is -0.323 e. The second kappa shape index (κ2) is 8.37. The van der Waals surface area contributed by atoms with Crippen LogP contribution in [0.4, 0.5) is 11.4 Å². The summed E-state index contributed by atoms with van der Waals surface area (Å²) in [7, 11) is -3.54. The highest BCUT2D eigenvalue weighted by Gasteiger charge is 2.12. The van der Waals surface area contributed by atoms with Gasteiger partial charge in [0.2, 0.25) is 15.9 Å². The standard InChI is InChI=1S/C17H17N3O5S/c1-2-18-26(24,25)16-10-6-14(7-11-16)19-17(21)12-5-13-3-8-15(9-4-13)20(22)23/h3-12,18H,2H2,1H3,(H,19,21). The number of anilines is 1. The molecule has 0 radical (unpaired) electrons. The Morgan fingerprint density at radius 3 is 2.27 bits per heavy atom. The number of carbonyl (C=O) groups excluding carboxylic acids is 1. The maximum Gasteiger partial charge on any atom is 0.269 e. The lowest BCUT2D eigenvalue weighted by Gasteiger charge is -2.06. The van der Waals surface area contributed by atoms with Crippen LogP contribution < -0.4 is 10.0 Å². The number of sulfonamides is 1. The Morgan fingerprint density at radius 2 is 1.73 bits per heavy atom. The molecular formula is C17H17N3O5S. The fourth-order valence-corrected chi connectivity index (χ4v) is 3.09. The number of nitrogens with zero attached hydrogens (tertiary/aromatic N) is 1. The Balaban J connectivity index is 2.00. The molecule has 0 heterocycles. The molecule has 8 nitrogen and oxygen atoms in total. The average molecular weight is 375 g/mol. The van der Waals surface area contributed by atoms with E-state index >= 15 is 0 Å². The van der Waals surface area contributed by atoms with Crippen molar-refractivity contribution in [3.8, 4) is 0 Å². The monoisotopic (exact) mass is 375 g/mol. The third-order valence-electron chi connectivity index (χ3n) is 3.30. The number of carbonyl (C=O) groups is 1. The Bertz CT molecular complexity index is 920. The van der Waals surface area contributed by atoms with Crippen LogP contribution in [0.3, 0.4) is 0 Å². The number of non-ortho nitro benzene ring substituents is 1. The summed E-state index contributed by atoms with van der Waals surface area (Å²) in [5.74, 6) is -0.411. The van der Waals surface area contributed by atoms with Crippen LogP contribution in [-0.2, 0) is 14.8 Å². The molecule has 9 heteroatoms. The van der Waals surface area contributed by atoms with Crippen LogP contribution in [0.25, 0.3) is 6.08 Å². The van der Waals surface area contributed by atoms with Crippen LogP contribution in [0.15, 0.2) is 59.5 Å². The fraction of sp³-hybridized carbons (Fsp3) is 0.118. The molecule has 0 aliphatic carbocycles. The maximum atomic E-state index is 11.9. The number of nitro benzene ring substituents is 1. The number of amides is 1. The molecule has 0 atom stereocenters. The topological polar surface area (TPSA) is 118 Å². The summed E-state index contributed by atoms with van der Waals surface area (Å²) in [5, 5.41) is 13.2. The van der Waals surface area contributed by atoms with Crippen molar-refractivity contribution in [3.63, 3.8) is 0 Å². The summed E-state index contributed by atoms with van der Waals surface area (Å²) >= 11 is 0. The van der Waals surface area contributed by atoms with Crippen molar-refractivity contribution in [1.82, 2.24) is 4.72 Å². The van der Waals surface area contributed by atoms with Crippen molar-refractivity contribution >= 4 is 33.4 Å². The van der Waals surface area contributed by atoms with Crippen LogP contribution >= 0.6 is 0 Å². The quantitative estimate of drug-likeness (QED) is 0.438. The van der Waals surface area contributed by atoms with Gasteiger partial charge in [0.25, 0.3) is 5.69 Å². The van der Waals surface area contributed by atoms with Crippen molar-refractivity contribution in [3.05, 3.63) is 70.3 Å². The number of nitrogens with one attached hydrogen (secondary N) is 2. The lowest BCUT2D eigenvalue weighted by Crippen LogP contribution is -2.23. The van der Waals surface area contributed by atoms with Crippen molar-refractivity contribution < 1.29 is 18.1 Å². The highest BCUT2D eigenvalue weighted by molar-refractivity contribution is 7.89. The van der Waals surface area contributed by atoms with Gasteiger partial charge in [-0.15, -0.1) is 0 Å². The predicted molar refractivity (Wildman–Crippen MR) is 98.1 cm³/mol. The second-order valence-electron chi connectivity index (χ2n) is 5.20. The molecule has 0 fully saturated rings. The van der Waals surface area contributed by atoms with Gasteiger partial charge in [0.05, 0.1) is 9.82 Å². The lowest BCUT2D eigenvalue weighted by molar-refractivity contribution is -0.384. The van der Waals surface area contributed by atoms with E-state index in [0.29, 0.717) is 11.3 Å². The van der Waals surface area contributed by atoms with Gasteiger partial charge in [0, 0.05) is 30.4 Å². The second-order valence-corrected chi connectivity index (χ2v) is 6.96. The SMILES string of the molecule is CCNS(=O)(=O)c1ccc(NC(=O)C=Cc2ccc([N+](=O)[O-])cc2)cc1. The van der Waals surface area contributed by atoms with Crippen LogP contribution in [0.1, 0.15) is 12.5 Å². The molecular weight excluding hydrogens is 358 g/mol. The predicted octanol–water partition coefficient (Wildman–Crippen LogP) is 2.54. The van der Waals surface area contributed by atoms with E-state index in [4.69, 9.17) is 0 Å². The van der Waals surface area contributed by atoms with Crippen molar-refractivity contribution in [1.29, 1.82) is 0 Å². The van der Waals surface area contributed by atoms with E-state index in [1.54, 1.807) is 6.92 Å². The van der Waals surface area contributed by atoms with E-state index in [0.717, 1.165) is 0 Å². The number of nitro groups is 1. The molecule has 0 saturated carbocycles. The largest absolute Gasteiger partial charge is 0.323 e. The zero-order valence-electron chi connectivity index (χ0n) is 13.9. The smallest absolute Gasteiger partial charge is 0.269 e. The maximum absolute atomic E-state index is 11.9. The molecule has 0 aliphatic rings. The zero-order chi connectivity index (χ0) is 19.2. The summed E-state index contributed by atoms with van der Waals surface area (Å²) in [4.78, 5) is 22.1. The molecule has 0 saturated heterocycles. The highest BCUT2D eigenvalue weighted by atomic mass is 32.2. The molecule has 0 aromatic heterocycles. The lowest BCUT2D eigenvalue weighted by atomic mass is 10.2. The molecule has 0 aliphatic heterocycles. The van der Waals surface area contributed by atoms with E-state index in [9.17, 15) is 23.3 Å². The first-order valence-electron chi connectivity index (χ1n) is 7.65.